The van der Waals surface area contributed by atoms with E-state index in [9.17, 15) is 0 Å². The van der Waals surface area contributed by atoms with Crippen molar-refractivity contribution in [1.29, 1.82) is 0 Å². The smallest absolute Gasteiger partial charge is 0.191 e. The molecule has 2 aromatic heterocycles. The lowest BCUT2D eigenvalue weighted by molar-refractivity contribution is 0.511. The summed E-state index contributed by atoms with van der Waals surface area (Å²) in [5, 5.41) is 13.0. The zero-order valence-corrected chi connectivity index (χ0v) is 17.2. The van der Waals surface area contributed by atoms with Crippen molar-refractivity contribution in [3.63, 3.8) is 0 Å². The van der Waals surface area contributed by atoms with E-state index >= 15 is 0 Å². The molecule has 0 aliphatic rings. The SMILES string of the molecule is CN=C(NCc1sc(C)nc1C)NCC(c1ccc(Cl)cc1)n1cccn1. The molecule has 0 saturated heterocycles. The number of nitrogens with zero attached hydrogens (tertiary/aromatic N) is 4. The average Bonchev–Trinajstić information content (AvgIpc) is 3.29. The molecule has 0 saturated carbocycles. The summed E-state index contributed by atoms with van der Waals surface area (Å²) in [5.41, 5.74) is 2.19. The number of nitrogens with one attached hydrogen (secondary N) is 2. The van der Waals surface area contributed by atoms with Gasteiger partial charge in [-0.05, 0) is 37.6 Å². The molecule has 0 aliphatic heterocycles. The molecule has 0 spiro atoms. The summed E-state index contributed by atoms with van der Waals surface area (Å²) in [4.78, 5) is 10.0. The first-order valence-corrected chi connectivity index (χ1v) is 9.88. The quantitative estimate of drug-likeness (QED) is 0.488. The number of aromatic nitrogens is 3. The van der Waals surface area contributed by atoms with Gasteiger partial charge in [0.2, 0.25) is 0 Å². The molecule has 2 N–H and O–H groups in total. The van der Waals surface area contributed by atoms with Crippen LogP contribution in [0, 0.1) is 13.8 Å². The minimum atomic E-state index is 0.0307. The Labute approximate surface area is 168 Å². The van der Waals surface area contributed by atoms with Crippen molar-refractivity contribution < 1.29 is 0 Å². The third kappa shape index (κ3) is 5.08. The van der Waals surface area contributed by atoms with E-state index in [4.69, 9.17) is 11.6 Å². The lowest BCUT2D eigenvalue weighted by Gasteiger charge is -2.20. The van der Waals surface area contributed by atoms with Crippen LogP contribution in [0.4, 0.5) is 0 Å². The lowest BCUT2D eigenvalue weighted by Crippen LogP contribution is -2.40. The highest BCUT2D eigenvalue weighted by atomic mass is 35.5. The van der Waals surface area contributed by atoms with Gasteiger partial charge >= 0.3 is 0 Å². The summed E-state index contributed by atoms with van der Waals surface area (Å²) in [5.74, 6) is 0.742. The molecule has 0 bridgehead atoms. The maximum Gasteiger partial charge on any atom is 0.191 e. The minimum Gasteiger partial charge on any atom is -0.354 e. The van der Waals surface area contributed by atoms with Crippen LogP contribution in [-0.2, 0) is 6.54 Å². The van der Waals surface area contributed by atoms with Gasteiger partial charge in [-0.25, -0.2) is 4.98 Å². The van der Waals surface area contributed by atoms with Crippen LogP contribution in [0.1, 0.15) is 27.2 Å². The van der Waals surface area contributed by atoms with Crippen LogP contribution in [0.15, 0.2) is 47.7 Å². The van der Waals surface area contributed by atoms with E-state index in [1.54, 1.807) is 24.6 Å². The van der Waals surface area contributed by atoms with Crippen molar-refractivity contribution in [2.45, 2.75) is 26.4 Å². The molecular formula is C19H23ClN6S. The highest BCUT2D eigenvalue weighted by molar-refractivity contribution is 7.11. The Hall–Kier alpha value is -2.38. The van der Waals surface area contributed by atoms with Crippen molar-refractivity contribution >= 4 is 28.9 Å². The normalized spacial score (nSPS) is 12.8. The Morgan fingerprint density at radius 3 is 2.63 bits per heavy atom. The zero-order chi connectivity index (χ0) is 19.2. The second-order valence-corrected chi connectivity index (χ2v) is 7.83. The highest BCUT2D eigenvalue weighted by Gasteiger charge is 2.15. The maximum absolute atomic E-state index is 6.03. The Morgan fingerprint density at radius 1 is 1.26 bits per heavy atom. The molecule has 1 unspecified atom stereocenters. The van der Waals surface area contributed by atoms with Gasteiger partial charge in [-0.3, -0.25) is 9.67 Å². The molecule has 27 heavy (non-hydrogen) atoms. The number of benzene rings is 1. The molecule has 0 amide bonds. The molecular weight excluding hydrogens is 380 g/mol. The average molecular weight is 403 g/mol. The predicted octanol–water partition coefficient (Wildman–Crippen LogP) is 3.56. The number of guanidine groups is 1. The van der Waals surface area contributed by atoms with Crippen LogP contribution in [0.25, 0.3) is 0 Å². The summed E-state index contributed by atoms with van der Waals surface area (Å²) in [6.45, 7) is 5.40. The highest BCUT2D eigenvalue weighted by Crippen LogP contribution is 2.20. The third-order valence-corrected chi connectivity index (χ3v) is 5.53. The molecule has 2 heterocycles. The molecule has 142 valence electrons. The summed E-state index contributed by atoms with van der Waals surface area (Å²) in [6, 6.07) is 9.80. The fourth-order valence-electron chi connectivity index (χ4n) is 2.83. The Morgan fingerprint density at radius 2 is 2.04 bits per heavy atom. The molecule has 0 aliphatic carbocycles. The molecule has 3 aromatic rings. The topological polar surface area (TPSA) is 67.1 Å². The Bertz CT molecular complexity index is 886. The van der Waals surface area contributed by atoms with Crippen LogP contribution < -0.4 is 10.6 Å². The van der Waals surface area contributed by atoms with Gasteiger partial charge in [0.15, 0.2) is 5.96 Å². The van der Waals surface area contributed by atoms with E-state index in [0.29, 0.717) is 13.1 Å². The van der Waals surface area contributed by atoms with Crippen LogP contribution in [0.2, 0.25) is 5.02 Å². The van der Waals surface area contributed by atoms with E-state index in [1.165, 1.54) is 4.88 Å². The summed E-state index contributed by atoms with van der Waals surface area (Å²) >= 11 is 7.74. The van der Waals surface area contributed by atoms with Crippen molar-refractivity contribution in [3.8, 4) is 0 Å². The molecule has 1 aromatic carbocycles. The first kappa shape index (κ1) is 19.4. The van der Waals surface area contributed by atoms with E-state index in [-0.39, 0.29) is 6.04 Å². The summed E-state index contributed by atoms with van der Waals surface area (Å²) in [7, 11) is 1.77. The van der Waals surface area contributed by atoms with Gasteiger partial charge < -0.3 is 10.6 Å². The summed E-state index contributed by atoms with van der Waals surface area (Å²) < 4.78 is 1.93. The number of thiazole rings is 1. The van der Waals surface area contributed by atoms with Crippen LogP contribution in [0.5, 0.6) is 0 Å². The van der Waals surface area contributed by atoms with Gasteiger partial charge in [0.1, 0.15) is 0 Å². The van der Waals surface area contributed by atoms with Gasteiger partial charge in [0.05, 0.1) is 23.3 Å². The predicted molar refractivity (Wildman–Crippen MR) is 112 cm³/mol. The first-order chi connectivity index (χ1) is 13.1. The molecule has 0 fully saturated rings. The molecule has 3 rings (SSSR count). The van der Waals surface area contributed by atoms with Crippen molar-refractivity contribution in [2.75, 3.05) is 13.6 Å². The second-order valence-electron chi connectivity index (χ2n) is 6.10. The van der Waals surface area contributed by atoms with Crippen LogP contribution in [-0.4, -0.2) is 34.3 Å². The standard InChI is InChI=1S/C19H23ClN6S/c1-13-18(27-14(2)25-13)12-23-19(21-3)22-11-17(26-10-4-9-24-26)15-5-7-16(20)8-6-15/h4-10,17H,11-12H2,1-3H3,(H2,21,22,23). The van der Waals surface area contributed by atoms with Gasteiger partial charge in [0, 0.05) is 35.9 Å². The largest absolute Gasteiger partial charge is 0.354 e. The maximum atomic E-state index is 6.03. The van der Waals surface area contributed by atoms with Gasteiger partial charge in [-0.15, -0.1) is 11.3 Å². The molecule has 6 nitrogen and oxygen atoms in total. The number of aliphatic imine (C=N–C) groups is 1. The number of aryl methyl sites for hydroxylation is 2. The molecule has 8 heteroatoms. The Kier molecular flexibility index (Phi) is 6.47. The van der Waals surface area contributed by atoms with Crippen molar-refractivity contribution in [1.82, 2.24) is 25.4 Å². The number of hydrogen-bond donors (Lipinski definition) is 2. The van der Waals surface area contributed by atoms with E-state index in [1.807, 2.05) is 55.1 Å². The van der Waals surface area contributed by atoms with E-state index in [2.05, 4.69) is 25.7 Å². The fourth-order valence-corrected chi connectivity index (χ4v) is 3.83. The Balaban J connectivity index is 1.66. The number of rotatable bonds is 6. The third-order valence-electron chi connectivity index (χ3n) is 4.20. The zero-order valence-electron chi connectivity index (χ0n) is 15.6. The number of halogens is 1. The van der Waals surface area contributed by atoms with E-state index in [0.717, 1.165) is 27.2 Å². The fraction of sp³-hybridized carbons (Fsp3) is 0.316. The van der Waals surface area contributed by atoms with Gasteiger partial charge in [0.25, 0.3) is 0 Å². The second kappa shape index (κ2) is 9.01. The van der Waals surface area contributed by atoms with Crippen molar-refractivity contribution in [2.24, 2.45) is 4.99 Å². The molecule has 1 atom stereocenters. The van der Waals surface area contributed by atoms with Crippen LogP contribution >= 0.6 is 22.9 Å². The van der Waals surface area contributed by atoms with Crippen molar-refractivity contribution in [3.05, 3.63) is 68.9 Å². The monoisotopic (exact) mass is 402 g/mol. The summed E-state index contributed by atoms with van der Waals surface area (Å²) in [6.07, 6.45) is 3.74. The minimum absolute atomic E-state index is 0.0307. The van der Waals surface area contributed by atoms with E-state index < -0.39 is 0 Å². The lowest BCUT2D eigenvalue weighted by atomic mass is 10.1. The molecule has 0 radical (unpaired) electrons. The first-order valence-electron chi connectivity index (χ1n) is 8.69. The van der Waals surface area contributed by atoms with Gasteiger partial charge in [-0.2, -0.15) is 5.10 Å². The number of hydrogen-bond acceptors (Lipinski definition) is 4. The van der Waals surface area contributed by atoms with Gasteiger partial charge in [-0.1, -0.05) is 23.7 Å². The van der Waals surface area contributed by atoms with Crippen LogP contribution in [0.3, 0.4) is 0 Å².